The first kappa shape index (κ1) is 19.0. The molecule has 1 aliphatic rings. The average molecular weight is 366 g/mol. The summed E-state index contributed by atoms with van der Waals surface area (Å²) in [6.45, 7) is 4.00. The Kier molecular flexibility index (Phi) is 5.79. The van der Waals surface area contributed by atoms with Gasteiger partial charge in [-0.25, -0.2) is 5.01 Å². The normalized spacial score (nSPS) is 16.2. The lowest BCUT2D eigenvalue weighted by molar-refractivity contribution is -0.132. The molecular weight excluding hydrogens is 340 g/mol. The van der Waals surface area contributed by atoms with Crippen molar-refractivity contribution in [1.29, 1.82) is 0 Å². The molecule has 142 valence electrons. The number of benzene rings is 2. The monoisotopic (exact) mass is 366 g/mol. The summed E-state index contributed by atoms with van der Waals surface area (Å²) < 4.78 is 10.7. The second-order valence-electron chi connectivity index (χ2n) is 6.52. The van der Waals surface area contributed by atoms with Gasteiger partial charge in [0, 0.05) is 18.4 Å². The zero-order chi connectivity index (χ0) is 19.4. The number of hydrogen-bond donors (Lipinski definition) is 0. The molecule has 0 saturated heterocycles. The van der Waals surface area contributed by atoms with Crippen LogP contribution in [-0.2, 0) is 11.2 Å². The molecule has 1 atom stereocenters. The number of rotatable bonds is 6. The number of amides is 1. The van der Waals surface area contributed by atoms with Crippen LogP contribution in [0.4, 0.5) is 0 Å². The summed E-state index contributed by atoms with van der Waals surface area (Å²) >= 11 is 0. The minimum Gasteiger partial charge on any atom is -0.493 e. The Morgan fingerprint density at radius 2 is 1.78 bits per heavy atom. The van der Waals surface area contributed by atoms with E-state index < -0.39 is 0 Å². The largest absolute Gasteiger partial charge is 0.493 e. The van der Waals surface area contributed by atoms with Crippen molar-refractivity contribution in [2.24, 2.45) is 5.10 Å². The van der Waals surface area contributed by atoms with Crippen molar-refractivity contribution in [3.63, 3.8) is 0 Å². The third kappa shape index (κ3) is 3.82. The lowest BCUT2D eigenvalue weighted by atomic mass is 9.97. The van der Waals surface area contributed by atoms with Gasteiger partial charge in [-0.3, -0.25) is 4.79 Å². The molecule has 0 spiro atoms. The molecule has 0 N–H and O–H groups in total. The van der Waals surface area contributed by atoms with Crippen molar-refractivity contribution in [1.82, 2.24) is 5.01 Å². The van der Waals surface area contributed by atoms with E-state index in [9.17, 15) is 4.79 Å². The van der Waals surface area contributed by atoms with Crippen LogP contribution in [0.2, 0.25) is 0 Å². The smallest absolute Gasteiger partial charge is 0.242 e. The number of hydrazone groups is 1. The van der Waals surface area contributed by atoms with Crippen LogP contribution >= 0.6 is 0 Å². The molecule has 5 heteroatoms. The highest BCUT2D eigenvalue weighted by atomic mass is 16.5. The minimum atomic E-state index is -0.0774. The highest BCUT2D eigenvalue weighted by Gasteiger charge is 2.32. The fourth-order valence-electron chi connectivity index (χ4n) is 3.33. The molecule has 2 aromatic rings. The van der Waals surface area contributed by atoms with E-state index >= 15 is 0 Å². The highest BCUT2D eigenvalue weighted by molar-refractivity contribution is 6.03. The van der Waals surface area contributed by atoms with E-state index in [1.807, 2.05) is 25.1 Å². The van der Waals surface area contributed by atoms with E-state index in [2.05, 4.69) is 36.3 Å². The van der Waals surface area contributed by atoms with Crippen LogP contribution in [0.25, 0.3) is 0 Å². The van der Waals surface area contributed by atoms with E-state index in [0.29, 0.717) is 24.3 Å². The summed E-state index contributed by atoms with van der Waals surface area (Å²) in [5, 5.41) is 6.30. The highest BCUT2D eigenvalue weighted by Crippen LogP contribution is 2.35. The summed E-state index contributed by atoms with van der Waals surface area (Å²) in [7, 11) is 3.23. The summed E-state index contributed by atoms with van der Waals surface area (Å²) in [4.78, 5) is 12.5. The van der Waals surface area contributed by atoms with Gasteiger partial charge < -0.3 is 9.47 Å². The molecule has 2 aromatic carbocycles. The lowest BCUT2D eigenvalue weighted by Gasteiger charge is -2.21. The first-order chi connectivity index (χ1) is 13.1. The van der Waals surface area contributed by atoms with Crippen molar-refractivity contribution in [3.05, 3.63) is 59.2 Å². The van der Waals surface area contributed by atoms with Gasteiger partial charge >= 0.3 is 0 Å². The van der Waals surface area contributed by atoms with Crippen LogP contribution in [0.3, 0.4) is 0 Å². The molecule has 27 heavy (non-hydrogen) atoms. The molecule has 0 aromatic heterocycles. The van der Waals surface area contributed by atoms with E-state index in [-0.39, 0.29) is 11.9 Å². The van der Waals surface area contributed by atoms with Crippen molar-refractivity contribution in [2.75, 3.05) is 14.2 Å². The number of carbonyl (C=O) groups excluding carboxylic acids is 1. The molecule has 3 rings (SSSR count). The maximum absolute atomic E-state index is 12.5. The van der Waals surface area contributed by atoms with Crippen molar-refractivity contribution >= 4 is 11.6 Å². The molecule has 1 unspecified atom stereocenters. The lowest BCUT2D eigenvalue weighted by Crippen LogP contribution is -2.26. The molecule has 1 amide bonds. The zero-order valence-electron chi connectivity index (χ0n) is 16.4. The molecule has 0 radical (unpaired) electrons. The summed E-state index contributed by atoms with van der Waals surface area (Å²) in [6.07, 6.45) is 2.09. The first-order valence-electron chi connectivity index (χ1n) is 9.32. The van der Waals surface area contributed by atoms with Gasteiger partial charge in [0.1, 0.15) is 0 Å². The quantitative estimate of drug-likeness (QED) is 0.763. The number of hydrogen-bond acceptors (Lipinski definition) is 4. The maximum Gasteiger partial charge on any atom is 0.242 e. The van der Waals surface area contributed by atoms with E-state index in [0.717, 1.165) is 23.3 Å². The first-order valence-corrected chi connectivity index (χ1v) is 9.32. The standard InChI is InChI=1S/C22H26N2O3/c1-5-15-7-9-16(10-8-15)19-14-18(23-24(19)22(25)6-2)17-11-12-20(26-3)21(13-17)27-4/h7-13,19H,5-6,14H2,1-4H3. The topological polar surface area (TPSA) is 51.1 Å². The van der Waals surface area contributed by atoms with E-state index in [1.54, 1.807) is 19.2 Å². The number of carbonyl (C=O) groups is 1. The van der Waals surface area contributed by atoms with Crippen LogP contribution in [-0.4, -0.2) is 30.8 Å². The molecular formula is C22H26N2O3. The summed E-state index contributed by atoms with van der Waals surface area (Å²) in [6, 6.07) is 14.1. The predicted octanol–water partition coefficient (Wildman–Crippen LogP) is 4.35. The molecule has 5 nitrogen and oxygen atoms in total. The Balaban J connectivity index is 1.94. The molecule has 0 bridgehead atoms. The van der Waals surface area contributed by atoms with Gasteiger partial charge in [0.25, 0.3) is 0 Å². The van der Waals surface area contributed by atoms with Gasteiger partial charge in [0.2, 0.25) is 5.91 Å². The van der Waals surface area contributed by atoms with E-state index in [1.165, 1.54) is 5.56 Å². The Morgan fingerprint density at radius 3 is 2.37 bits per heavy atom. The molecule has 0 saturated carbocycles. The Bertz CT molecular complexity index is 843. The van der Waals surface area contributed by atoms with Crippen LogP contribution < -0.4 is 9.47 Å². The number of ether oxygens (including phenoxy) is 2. The van der Waals surface area contributed by atoms with Gasteiger partial charge in [0.05, 0.1) is 26.0 Å². The number of nitrogens with zero attached hydrogens (tertiary/aromatic N) is 2. The third-order valence-corrected chi connectivity index (χ3v) is 4.96. The van der Waals surface area contributed by atoms with Gasteiger partial charge in [-0.1, -0.05) is 38.1 Å². The van der Waals surface area contributed by atoms with Gasteiger partial charge in [-0.05, 0) is 35.7 Å². The fraction of sp³-hybridized carbons (Fsp3) is 0.364. The summed E-state index contributed by atoms with van der Waals surface area (Å²) in [5.74, 6) is 1.35. The third-order valence-electron chi connectivity index (χ3n) is 4.96. The number of methoxy groups -OCH3 is 2. The van der Waals surface area contributed by atoms with Gasteiger partial charge in [-0.2, -0.15) is 5.10 Å². The fourth-order valence-corrected chi connectivity index (χ4v) is 3.33. The summed E-state index contributed by atoms with van der Waals surface area (Å²) in [5.41, 5.74) is 4.20. The van der Waals surface area contributed by atoms with Crippen molar-refractivity contribution in [2.45, 2.75) is 39.2 Å². The Labute approximate surface area is 160 Å². The van der Waals surface area contributed by atoms with Crippen molar-refractivity contribution < 1.29 is 14.3 Å². The average Bonchev–Trinajstić information content (AvgIpc) is 3.18. The van der Waals surface area contributed by atoms with Gasteiger partial charge in [0.15, 0.2) is 11.5 Å². The predicted molar refractivity (Wildman–Crippen MR) is 106 cm³/mol. The van der Waals surface area contributed by atoms with E-state index in [4.69, 9.17) is 9.47 Å². The molecule has 0 fully saturated rings. The number of aryl methyl sites for hydroxylation is 1. The second kappa shape index (κ2) is 8.25. The molecule has 1 aliphatic heterocycles. The van der Waals surface area contributed by atoms with Crippen LogP contribution in [0, 0.1) is 0 Å². The SMILES string of the molecule is CCC(=O)N1N=C(c2ccc(OC)c(OC)c2)CC1c1ccc(CC)cc1. The maximum atomic E-state index is 12.5. The van der Waals surface area contributed by atoms with Gasteiger partial charge in [-0.15, -0.1) is 0 Å². The van der Waals surface area contributed by atoms with Crippen LogP contribution in [0.1, 0.15) is 49.4 Å². The Hall–Kier alpha value is -2.82. The van der Waals surface area contributed by atoms with Crippen LogP contribution in [0.5, 0.6) is 11.5 Å². The van der Waals surface area contributed by atoms with Crippen LogP contribution in [0.15, 0.2) is 47.6 Å². The second-order valence-corrected chi connectivity index (χ2v) is 6.52. The Morgan fingerprint density at radius 1 is 1.07 bits per heavy atom. The zero-order valence-corrected chi connectivity index (χ0v) is 16.4. The van der Waals surface area contributed by atoms with Crippen molar-refractivity contribution in [3.8, 4) is 11.5 Å². The molecule has 1 heterocycles. The molecule has 0 aliphatic carbocycles. The minimum absolute atomic E-state index is 0.0232.